The van der Waals surface area contributed by atoms with Gasteiger partial charge in [-0.05, 0) is 62.8 Å². The summed E-state index contributed by atoms with van der Waals surface area (Å²) in [5.74, 6) is -0.419. The molecule has 1 fully saturated rings. The van der Waals surface area contributed by atoms with Gasteiger partial charge >= 0.3 is 0 Å². The van der Waals surface area contributed by atoms with E-state index in [1.165, 1.54) is 0 Å². The lowest BCUT2D eigenvalue weighted by Crippen LogP contribution is -2.36. The lowest BCUT2D eigenvalue weighted by atomic mass is 10.0. The monoisotopic (exact) mass is 350 g/mol. The Morgan fingerprint density at radius 3 is 2.27 bits per heavy atom. The van der Waals surface area contributed by atoms with Crippen molar-refractivity contribution in [2.45, 2.75) is 47.0 Å². The zero-order chi connectivity index (χ0) is 18.9. The lowest BCUT2D eigenvalue weighted by Gasteiger charge is -2.19. The van der Waals surface area contributed by atoms with Gasteiger partial charge in [-0.15, -0.1) is 0 Å². The number of para-hydroxylation sites is 1. The Balaban J connectivity index is 1.78. The van der Waals surface area contributed by atoms with Gasteiger partial charge in [0.25, 0.3) is 0 Å². The van der Waals surface area contributed by atoms with Crippen molar-refractivity contribution in [1.29, 1.82) is 0 Å². The Bertz CT molecular complexity index is 866. The average molecular weight is 350 g/mol. The lowest BCUT2D eigenvalue weighted by molar-refractivity contribution is -0.131. The molecule has 3 rings (SSSR count). The molecule has 2 aromatic carbocycles. The minimum atomic E-state index is -0.954. The van der Waals surface area contributed by atoms with Gasteiger partial charge in [0.15, 0.2) is 0 Å². The van der Waals surface area contributed by atoms with Gasteiger partial charge in [0, 0.05) is 11.4 Å². The first kappa shape index (κ1) is 18.2. The second-order valence-electron chi connectivity index (χ2n) is 7.27. The summed E-state index contributed by atoms with van der Waals surface area (Å²) in [6.45, 7) is 8.01. The van der Waals surface area contributed by atoms with Crippen molar-refractivity contribution in [3.8, 4) is 0 Å². The topological polar surface area (TPSA) is 58.2 Å². The van der Waals surface area contributed by atoms with Crippen LogP contribution in [0.4, 0.5) is 11.4 Å². The Morgan fingerprint density at radius 2 is 1.65 bits per heavy atom. The average Bonchev–Trinajstić information content (AvgIpc) is 3.41. The van der Waals surface area contributed by atoms with Gasteiger partial charge in [0.1, 0.15) is 5.41 Å². The third-order valence-electron chi connectivity index (χ3n) is 5.23. The normalized spacial score (nSPS) is 14.6. The van der Waals surface area contributed by atoms with E-state index in [9.17, 15) is 9.59 Å². The molecule has 4 nitrogen and oxygen atoms in total. The Labute approximate surface area is 155 Å². The Kier molecular flexibility index (Phi) is 4.86. The molecule has 1 aliphatic carbocycles. The fourth-order valence-electron chi connectivity index (χ4n) is 3.31. The predicted octanol–water partition coefficient (Wildman–Crippen LogP) is 4.53. The van der Waals surface area contributed by atoms with E-state index >= 15 is 0 Å². The van der Waals surface area contributed by atoms with Gasteiger partial charge in [-0.1, -0.05) is 42.8 Å². The Hall–Kier alpha value is -2.62. The number of hydrogen-bond acceptors (Lipinski definition) is 2. The van der Waals surface area contributed by atoms with E-state index in [2.05, 4.69) is 17.6 Å². The third kappa shape index (κ3) is 3.36. The van der Waals surface area contributed by atoms with Gasteiger partial charge in [-0.25, -0.2) is 0 Å². The zero-order valence-electron chi connectivity index (χ0n) is 15.9. The minimum Gasteiger partial charge on any atom is -0.325 e. The SMILES string of the molecule is CCc1cccc(C)c1NC(=O)C1(C(=O)Nc2ccc(C)cc2C)CC1. The van der Waals surface area contributed by atoms with E-state index in [4.69, 9.17) is 0 Å². The van der Waals surface area contributed by atoms with E-state index in [0.717, 1.165) is 40.0 Å². The van der Waals surface area contributed by atoms with E-state index in [1.807, 2.05) is 57.2 Å². The summed E-state index contributed by atoms with van der Waals surface area (Å²) in [7, 11) is 0. The van der Waals surface area contributed by atoms with Crippen LogP contribution in [-0.4, -0.2) is 11.8 Å². The molecule has 0 aliphatic heterocycles. The molecule has 0 bridgehead atoms. The zero-order valence-corrected chi connectivity index (χ0v) is 15.9. The van der Waals surface area contributed by atoms with Crippen LogP contribution >= 0.6 is 0 Å². The summed E-state index contributed by atoms with van der Waals surface area (Å²) < 4.78 is 0. The number of amides is 2. The molecule has 1 aliphatic rings. The van der Waals surface area contributed by atoms with Gasteiger partial charge in [-0.2, -0.15) is 0 Å². The smallest absolute Gasteiger partial charge is 0.240 e. The van der Waals surface area contributed by atoms with Crippen LogP contribution < -0.4 is 10.6 Å². The van der Waals surface area contributed by atoms with Crippen molar-refractivity contribution < 1.29 is 9.59 Å². The van der Waals surface area contributed by atoms with Crippen LogP contribution in [0.15, 0.2) is 36.4 Å². The molecule has 0 heterocycles. The van der Waals surface area contributed by atoms with Crippen molar-refractivity contribution >= 4 is 23.2 Å². The number of benzene rings is 2. The maximum atomic E-state index is 12.9. The number of carbonyl (C=O) groups excluding carboxylic acids is 2. The molecule has 0 radical (unpaired) electrons. The quantitative estimate of drug-likeness (QED) is 0.778. The number of rotatable bonds is 5. The standard InChI is InChI=1S/C22H26N2O2/c1-5-17-8-6-7-15(3)19(17)24-21(26)22(11-12-22)20(25)23-18-10-9-14(2)13-16(18)4/h6-10,13H,5,11-12H2,1-4H3,(H,23,25)(H,24,26). The van der Waals surface area contributed by atoms with Crippen molar-refractivity contribution in [3.05, 3.63) is 58.7 Å². The molecule has 2 amide bonds. The summed E-state index contributed by atoms with van der Waals surface area (Å²) in [4.78, 5) is 25.7. The van der Waals surface area contributed by atoms with Crippen molar-refractivity contribution in [2.24, 2.45) is 5.41 Å². The largest absolute Gasteiger partial charge is 0.325 e. The molecule has 26 heavy (non-hydrogen) atoms. The van der Waals surface area contributed by atoms with Crippen LogP contribution in [0.5, 0.6) is 0 Å². The molecule has 2 N–H and O–H groups in total. The van der Waals surface area contributed by atoms with E-state index in [-0.39, 0.29) is 11.8 Å². The van der Waals surface area contributed by atoms with Crippen LogP contribution in [-0.2, 0) is 16.0 Å². The molecule has 0 atom stereocenters. The first-order chi connectivity index (χ1) is 12.4. The predicted molar refractivity (Wildman–Crippen MR) is 105 cm³/mol. The van der Waals surface area contributed by atoms with Crippen LogP contribution in [0.2, 0.25) is 0 Å². The molecular weight excluding hydrogens is 324 g/mol. The molecule has 0 spiro atoms. The number of hydrogen-bond donors (Lipinski definition) is 2. The number of nitrogens with one attached hydrogen (secondary N) is 2. The van der Waals surface area contributed by atoms with Crippen LogP contribution in [0.25, 0.3) is 0 Å². The van der Waals surface area contributed by atoms with Crippen LogP contribution in [0.3, 0.4) is 0 Å². The molecule has 136 valence electrons. The summed E-state index contributed by atoms with van der Waals surface area (Å²) in [5, 5.41) is 5.97. The summed E-state index contributed by atoms with van der Waals surface area (Å²) in [6.07, 6.45) is 2.00. The van der Waals surface area contributed by atoms with Crippen LogP contribution in [0.1, 0.15) is 42.0 Å². The van der Waals surface area contributed by atoms with Gasteiger partial charge in [-0.3, -0.25) is 9.59 Å². The summed E-state index contributed by atoms with van der Waals surface area (Å²) in [6, 6.07) is 11.9. The summed E-state index contributed by atoms with van der Waals surface area (Å²) in [5.41, 5.74) is 4.90. The molecule has 0 aromatic heterocycles. The first-order valence-electron chi connectivity index (χ1n) is 9.16. The van der Waals surface area contributed by atoms with Gasteiger partial charge < -0.3 is 10.6 Å². The van der Waals surface area contributed by atoms with Crippen LogP contribution in [0, 0.1) is 26.2 Å². The molecule has 0 saturated heterocycles. The molecule has 4 heteroatoms. The van der Waals surface area contributed by atoms with E-state index < -0.39 is 5.41 Å². The Morgan fingerprint density at radius 1 is 0.962 bits per heavy atom. The highest BCUT2D eigenvalue weighted by Gasteiger charge is 2.56. The molecular formula is C22H26N2O2. The highest BCUT2D eigenvalue weighted by molar-refractivity contribution is 6.17. The highest BCUT2D eigenvalue weighted by atomic mass is 16.2. The van der Waals surface area contributed by atoms with Crippen molar-refractivity contribution in [2.75, 3.05) is 10.6 Å². The third-order valence-corrected chi connectivity index (χ3v) is 5.23. The van der Waals surface area contributed by atoms with Gasteiger partial charge in [0.2, 0.25) is 11.8 Å². The minimum absolute atomic E-state index is 0.205. The number of carbonyl (C=O) groups is 2. The first-order valence-corrected chi connectivity index (χ1v) is 9.16. The fourth-order valence-corrected chi connectivity index (χ4v) is 3.31. The van der Waals surface area contributed by atoms with Crippen molar-refractivity contribution in [3.63, 3.8) is 0 Å². The molecule has 1 saturated carbocycles. The molecule has 2 aromatic rings. The summed E-state index contributed by atoms with van der Waals surface area (Å²) >= 11 is 0. The van der Waals surface area contributed by atoms with Gasteiger partial charge in [0.05, 0.1) is 0 Å². The van der Waals surface area contributed by atoms with E-state index in [1.54, 1.807) is 0 Å². The fraction of sp³-hybridized carbons (Fsp3) is 0.364. The molecule has 0 unspecified atom stereocenters. The second-order valence-corrected chi connectivity index (χ2v) is 7.27. The van der Waals surface area contributed by atoms with E-state index in [0.29, 0.717) is 12.8 Å². The number of aryl methyl sites for hydroxylation is 4. The second kappa shape index (κ2) is 6.94. The maximum absolute atomic E-state index is 12.9. The highest BCUT2D eigenvalue weighted by Crippen LogP contribution is 2.48. The number of anilines is 2. The van der Waals surface area contributed by atoms with Crippen molar-refractivity contribution in [1.82, 2.24) is 0 Å². The maximum Gasteiger partial charge on any atom is 0.240 e.